The molecule has 0 aliphatic heterocycles. The third-order valence-corrected chi connectivity index (χ3v) is 33.3. The van der Waals surface area contributed by atoms with Gasteiger partial charge < -0.3 is 0 Å². The minimum atomic E-state index is 0.277. The Balaban J connectivity index is 0.000000107. The predicted molar refractivity (Wildman–Crippen MR) is 571 cm³/mol. The van der Waals surface area contributed by atoms with Crippen molar-refractivity contribution in [1.82, 2.24) is 13.7 Å². The number of rotatable bonds is 14. The van der Waals surface area contributed by atoms with Crippen molar-refractivity contribution in [1.29, 1.82) is 0 Å². The van der Waals surface area contributed by atoms with Crippen molar-refractivity contribution in [3.05, 3.63) is 497 Å². The molecule has 0 aliphatic rings. The topological polar surface area (TPSA) is 24.5 Å². The molecule has 27 rings (SSSR count). The van der Waals surface area contributed by atoms with Crippen LogP contribution in [-0.2, 0) is 0 Å². The van der Waals surface area contributed by atoms with E-state index in [0.29, 0.717) is 14.5 Å². The summed E-state index contributed by atoms with van der Waals surface area (Å²) in [5.74, 6) is 0. The molecule has 0 bridgehead atoms. The van der Waals surface area contributed by atoms with Gasteiger partial charge in [-0.15, -0.1) is 0 Å². The number of fused-ring (bicyclic) bond motifs is 19. The molecule has 0 aliphatic carbocycles. The quantitative estimate of drug-likeness (QED) is 0.101. The first kappa shape index (κ1) is 79.4. The average Bonchev–Trinajstić information content (AvgIpc) is 1.60. The first-order valence-corrected chi connectivity index (χ1v) is 50.3. The van der Waals surface area contributed by atoms with Gasteiger partial charge in [0.2, 0.25) is 0 Å². The first-order chi connectivity index (χ1) is 66.0. The monoisotopic (exact) mass is 1890 g/mol. The van der Waals surface area contributed by atoms with Gasteiger partial charge in [0, 0.05) is 0 Å². The average molecular weight is 1890 g/mol. The van der Waals surface area contributed by atoms with Crippen molar-refractivity contribution in [2.24, 2.45) is 0 Å². The summed E-state index contributed by atoms with van der Waals surface area (Å²) < 4.78 is 15.8. The predicted octanol–water partition coefficient (Wildman–Crippen LogP) is 33.3. The molecule has 27 aromatic rings. The van der Waals surface area contributed by atoms with Crippen molar-refractivity contribution in [3.8, 4) is 39.3 Å². The van der Waals surface area contributed by atoms with E-state index in [0.717, 1.165) is 28.4 Å². The molecule has 0 saturated carbocycles. The van der Waals surface area contributed by atoms with Gasteiger partial charge in [-0.2, -0.15) is 0 Å². The molecule has 0 saturated heterocycles. The molecule has 0 atom stereocenters. The van der Waals surface area contributed by atoms with E-state index in [-0.39, 0.29) is 29.0 Å². The van der Waals surface area contributed by atoms with E-state index in [1.165, 1.54) is 196 Å². The maximum atomic E-state index is 2.45. The number of aromatic nitrogens is 3. The molecule has 21 aromatic carbocycles. The third kappa shape index (κ3) is 14.3. The molecule has 6 nitrogen and oxygen atoms in total. The van der Waals surface area contributed by atoms with E-state index in [9.17, 15) is 0 Å². The van der Waals surface area contributed by atoms with Crippen LogP contribution in [-0.4, -0.2) is 57.2 Å². The molecule has 6 heterocycles. The summed E-state index contributed by atoms with van der Waals surface area (Å²) in [6.45, 7) is 0. The maximum absolute atomic E-state index is 2.45. The van der Waals surface area contributed by atoms with Crippen LogP contribution in [0.2, 0.25) is 0 Å². The van der Waals surface area contributed by atoms with Crippen LogP contribution in [0, 0.1) is 0 Å². The molecule has 6 aromatic heterocycles. The number of para-hydroxylation sites is 7. The Morgan fingerprint density at radius 2 is 0.429 bits per heavy atom. The van der Waals surface area contributed by atoms with Crippen molar-refractivity contribution in [2.45, 2.75) is 0 Å². The number of nitrogens with zero attached hydrogens (tertiary/aromatic N) is 6. The second kappa shape index (κ2) is 33.9. The van der Waals surface area contributed by atoms with Gasteiger partial charge in [-0.3, -0.25) is 0 Å². The SMILES string of the molecule is c1ccc(-c2ccc(N(c3ccc4c(c3)[se]c3ccccc34)c3ccc4c(c3)c3ccccc3n4-c3ccccc3)cc2)cc1.c1ccc(-c2ccccc2N(c2ccc3c(c2)[se]c2ccccc23)c2ccc3c(c2)c2ccccc2n3-c2ccccc2)cc1.c1ccc(-n2c3ccccc3c3cc(N(c4ccc5c(c4)[se]c4ccccc45)c4cccc5ccccc45)ccc32)cc1. The van der Waals surface area contributed by atoms with Crippen LogP contribution in [0.1, 0.15) is 0 Å². The molecule has 133 heavy (non-hydrogen) atoms. The molecular weight excluding hydrogens is 1810 g/mol. The summed E-state index contributed by atoms with van der Waals surface area (Å²) in [4.78, 5) is 7.33. The summed E-state index contributed by atoms with van der Waals surface area (Å²) in [6.07, 6.45) is 0. The van der Waals surface area contributed by atoms with E-state index in [2.05, 4.69) is 526 Å². The zero-order chi connectivity index (χ0) is 87.8. The van der Waals surface area contributed by atoms with Gasteiger partial charge in [0.1, 0.15) is 0 Å². The van der Waals surface area contributed by atoms with Gasteiger partial charge in [-0.25, -0.2) is 0 Å². The summed E-state index contributed by atoms with van der Waals surface area (Å²) in [5, 5.41) is 18.2. The normalized spacial score (nSPS) is 11.6. The van der Waals surface area contributed by atoms with Crippen molar-refractivity contribution in [2.75, 3.05) is 14.7 Å². The van der Waals surface area contributed by atoms with Crippen molar-refractivity contribution < 1.29 is 0 Å². The van der Waals surface area contributed by atoms with Crippen molar-refractivity contribution in [3.63, 3.8) is 0 Å². The van der Waals surface area contributed by atoms with Gasteiger partial charge in [-0.1, -0.05) is 18.2 Å². The Morgan fingerprint density at radius 3 is 0.865 bits per heavy atom. The molecule has 0 unspecified atom stereocenters. The van der Waals surface area contributed by atoms with E-state index in [1.807, 2.05) is 0 Å². The van der Waals surface area contributed by atoms with Gasteiger partial charge in [0.25, 0.3) is 0 Å². The molecule has 0 spiro atoms. The molecule has 626 valence electrons. The Kier molecular flexibility index (Phi) is 20.3. The number of benzene rings is 21. The second-order valence-electron chi connectivity index (χ2n) is 33.8. The number of hydrogen-bond donors (Lipinski definition) is 0. The Hall–Kier alpha value is -15.8. The van der Waals surface area contributed by atoms with Gasteiger partial charge in [0.05, 0.1) is 0 Å². The number of anilines is 9. The summed E-state index contributed by atoms with van der Waals surface area (Å²) >= 11 is 0.858. The van der Waals surface area contributed by atoms with Crippen LogP contribution >= 0.6 is 0 Å². The Bertz CT molecular complexity index is 9100. The van der Waals surface area contributed by atoms with E-state index >= 15 is 0 Å². The van der Waals surface area contributed by atoms with Crippen LogP contribution in [0.15, 0.2) is 497 Å². The zero-order valence-corrected chi connectivity index (χ0v) is 77.4. The molecule has 0 N–H and O–H groups in total. The van der Waals surface area contributed by atoms with Crippen LogP contribution in [0.25, 0.3) is 173 Å². The zero-order valence-electron chi connectivity index (χ0n) is 72.3. The molecule has 9 heteroatoms. The van der Waals surface area contributed by atoms with Crippen LogP contribution < -0.4 is 14.7 Å². The summed E-state index contributed by atoms with van der Waals surface area (Å²) in [6, 6.07) is 181. The van der Waals surface area contributed by atoms with E-state index in [1.54, 1.807) is 0 Å². The van der Waals surface area contributed by atoms with Crippen LogP contribution in [0.3, 0.4) is 0 Å². The first-order valence-electron chi connectivity index (χ1n) is 45.2. The second-order valence-corrected chi connectivity index (χ2v) is 40.6. The Labute approximate surface area is 787 Å². The van der Waals surface area contributed by atoms with E-state index in [4.69, 9.17) is 0 Å². The van der Waals surface area contributed by atoms with Crippen molar-refractivity contribution >= 4 is 229 Å². The fourth-order valence-electron chi connectivity index (χ4n) is 20.1. The summed E-state index contributed by atoms with van der Waals surface area (Å²) in [7, 11) is 0. The fraction of sp³-hybridized carbons (Fsp3) is 0. The molecule has 0 fully saturated rings. The molecular formula is C124H82N6Se3. The fourth-order valence-corrected chi connectivity index (χ4v) is 27.3. The van der Waals surface area contributed by atoms with Crippen LogP contribution in [0.4, 0.5) is 51.2 Å². The van der Waals surface area contributed by atoms with Gasteiger partial charge in [0.15, 0.2) is 0 Å². The van der Waals surface area contributed by atoms with Gasteiger partial charge >= 0.3 is 776 Å². The molecule has 0 radical (unpaired) electrons. The van der Waals surface area contributed by atoms with Crippen LogP contribution in [0.5, 0.6) is 0 Å². The minimum absolute atomic E-state index is 0.277. The Morgan fingerprint density at radius 1 is 0.150 bits per heavy atom. The third-order valence-electron chi connectivity index (χ3n) is 26.1. The summed E-state index contributed by atoms with van der Waals surface area (Å²) in [5.41, 5.74) is 26.1. The van der Waals surface area contributed by atoms with E-state index < -0.39 is 0 Å². The standard InChI is InChI=1S/2C42H28N2Se.C40H26N2Se/c1-3-13-29(14-4-1)33-17-7-10-20-38(33)43(32-23-25-36-35-19-9-12-22-41(35)45-42(36)28-32)31-24-26-40-37(27-31)34-18-8-11-21-39(34)44(40)30-15-5-2-6-16-30;1-3-11-29(12-4-1)30-19-21-32(22-20-30)43(34-23-25-37-36-16-8-10-18-41(36)45-42(37)28-34)33-24-26-40-38(27-33)35-15-7-9-17-39(35)44(40)31-13-5-2-6-14-31;1-2-13-28(14-3-1)42-37-18-8-6-16-32(37)35-25-29(22-24-38(35)42)41(36-19-10-12-27-11-4-5-15-31(27)36)30-21-23-34-33-17-7-9-20-39(33)43-40(34)26-30/h2*1-28H;1-26H. The number of hydrogen-bond acceptors (Lipinski definition) is 3. The van der Waals surface area contributed by atoms with Gasteiger partial charge in [-0.05, 0) is 0 Å². The molecule has 0 amide bonds.